The molecule has 0 aliphatic carbocycles. The molecule has 0 bridgehead atoms. The number of hydrogen-bond donors (Lipinski definition) is 2. The first-order valence-electron chi connectivity index (χ1n) is 6.09. The second-order valence-corrected chi connectivity index (χ2v) is 4.32. The van der Waals surface area contributed by atoms with Gasteiger partial charge in [0, 0.05) is 5.56 Å². The molecule has 4 N–H and O–H groups in total. The number of nitrogens with two attached hydrogens (primary N) is 2. The van der Waals surface area contributed by atoms with E-state index < -0.39 is 23.6 Å². The summed E-state index contributed by atoms with van der Waals surface area (Å²) in [6.07, 6.45) is -2.41. The number of benzene rings is 1. The van der Waals surface area contributed by atoms with Crippen LogP contribution in [0.1, 0.15) is 41.3 Å². The summed E-state index contributed by atoms with van der Waals surface area (Å²) in [5.41, 5.74) is 9.68. The number of rotatable bonds is 4. The number of amides is 1. The maximum Gasteiger partial charge on any atom is 0.416 e. The minimum atomic E-state index is -4.52. The molecule has 1 rings (SSSR count). The molecule has 7 heteroatoms. The number of hydrogen-bond acceptors (Lipinski definition) is 1. The second-order valence-electron chi connectivity index (χ2n) is 4.32. The SMILES string of the molecule is CCCCc1ccc(C(F)(F)F)cc1C(=O)N=C(N)N. The Morgan fingerprint density at radius 3 is 2.45 bits per heavy atom. The Morgan fingerprint density at radius 2 is 1.95 bits per heavy atom. The van der Waals surface area contributed by atoms with Crippen LogP contribution in [-0.2, 0) is 12.6 Å². The Hall–Kier alpha value is -2.05. The molecule has 0 unspecified atom stereocenters. The number of aliphatic imine (C=N–C) groups is 1. The zero-order valence-electron chi connectivity index (χ0n) is 11.0. The molecule has 0 atom stereocenters. The molecular weight excluding hydrogens is 271 g/mol. The third kappa shape index (κ3) is 4.25. The summed E-state index contributed by atoms with van der Waals surface area (Å²) >= 11 is 0. The molecule has 1 aromatic carbocycles. The van der Waals surface area contributed by atoms with Crippen LogP contribution in [-0.4, -0.2) is 11.9 Å². The normalized spacial score (nSPS) is 11.2. The van der Waals surface area contributed by atoms with E-state index in [0.29, 0.717) is 12.0 Å². The van der Waals surface area contributed by atoms with E-state index in [0.717, 1.165) is 25.0 Å². The van der Waals surface area contributed by atoms with Gasteiger partial charge in [0.1, 0.15) is 0 Å². The van der Waals surface area contributed by atoms with Crippen molar-refractivity contribution in [2.24, 2.45) is 16.5 Å². The average molecular weight is 287 g/mol. The van der Waals surface area contributed by atoms with Gasteiger partial charge in [-0.1, -0.05) is 19.4 Å². The molecule has 0 fully saturated rings. The molecule has 20 heavy (non-hydrogen) atoms. The van der Waals surface area contributed by atoms with Gasteiger partial charge in [0.25, 0.3) is 5.91 Å². The number of alkyl halides is 3. The predicted octanol–water partition coefficient (Wildman–Crippen LogP) is 2.46. The van der Waals surface area contributed by atoms with Crippen LogP contribution in [0.5, 0.6) is 0 Å². The van der Waals surface area contributed by atoms with Gasteiger partial charge >= 0.3 is 6.18 Å². The molecule has 0 saturated heterocycles. The van der Waals surface area contributed by atoms with Gasteiger partial charge in [0.05, 0.1) is 5.56 Å². The van der Waals surface area contributed by atoms with Gasteiger partial charge in [-0.2, -0.15) is 18.2 Å². The molecule has 110 valence electrons. The molecule has 1 amide bonds. The molecule has 0 spiro atoms. The first kappa shape index (κ1) is 16.0. The first-order chi connectivity index (χ1) is 9.25. The number of guanidine groups is 1. The summed E-state index contributed by atoms with van der Waals surface area (Å²) in [4.78, 5) is 15.1. The van der Waals surface area contributed by atoms with Gasteiger partial charge in [-0.25, -0.2) is 0 Å². The van der Waals surface area contributed by atoms with Crippen LogP contribution in [0.3, 0.4) is 0 Å². The molecule has 0 radical (unpaired) electrons. The van der Waals surface area contributed by atoms with Gasteiger partial charge < -0.3 is 11.5 Å². The number of carbonyl (C=O) groups excluding carboxylic acids is 1. The molecule has 1 aromatic rings. The van der Waals surface area contributed by atoms with Crippen molar-refractivity contribution in [1.82, 2.24) is 0 Å². The lowest BCUT2D eigenvalue weighted by atomic mass is 9.98. The maximum atomic E-state index is 12.7. The molecule has 0 aliphatic rings. The quantitative estimate of drug-likeness (QED) is 0.659. The largest absolute Gasteiger partial charge is 0.416 e. The van der Waals surface area contributed by atoms with Crippen LogP contribution in [0.4, 0.5) is 13.2 Å². The number of unbranched alkanes of at least 4 members (excludes halogenated alkanes) is 1. The van der Waals surface area contributed by atoms with E-state index in [2.05, 4.69) is 4.99 Å². The summed E-state index contributed by atoms with van der Waals surface area (Å²) in [7, 11) is 0. The summed E-state index contributed by atoms with van der Waals surface area (Å²) in [6.45, 7) is 1.95. The van der Waals surface area contributed by atoms with Crippen molar-refractivity contribution in [3.63, 3.8) is 0 Å². The van der Waals surface area contributed by atoms with Crippen molar-refractivity contribution >= 4 is 11.9 Å². The molecule has 0 saturated carbocycles. The van der Waals surface area contributed by atoms with Crippen LogP contribution >= 0.6 is 0 Å². The summed E-state index contributed by atoms with van der Waals surface area (Å²) in [6, 6.07) is 3.05. The maximum absolute atomic E-state index is 12.7. The van der Waals surface area contributed by atoms with E-state index in [4.69, 9.17) is 11.5 Å². The van der Waals surface area contributed by atoms with E-state index in [1.807, 2.05) is 6.92 Å². The molecular formula is C13H16F3N3O. The van der Waals surface area contributed by atoms with Crippen LogP contribution in [0.2, 0.25) is 0 Å². The average Bonchev–Trinajstić information content (AvgIpc) is 2.34. The van der Waals surface area contributed by atoms with Gasteiger partial charge in [0.15, 0.2) is 5.96 Å². The summed E-state index contributed by atoms with van der Waals surface area (Å²) in [5.74, 6) is -1.34. The van der Waals surface area contributed by atoms with Crippen molar-refractivity contribution in [1.29, 1.82) is 0 Å². The van der Waals surface area contributed by atoms with Crippen molar-refractivity contribution in [2.45, 2.75) is 32.4 Å². The highest BCUT2D eigenvalue weighted by molar-refractivity contribution is 6.03. The fourth-order valence-corrected chi connectivity index (χ4v) is 1.71. The molecule has 0 aliphatic heterocycles. The topological polar surface area (TPSA) is 81.5 Å². The van der Waals surface area contributed by atoms with E-state index in [-0.39, 0.29) is 5.56 Å². The van der Waals surface area contributed by atoms with Crippen molar-refractivity contribution in [3.8, 4) is 0 Å². The Kier molecular flexibility index (Phi) is 5.12. The smallest absolute Gasteiger partial charge is 0.370 e. The second kappa shape index (κ2) is 6.40. The van der Waals surface area contributed by atoms with Gasteiger partial charge in [-0.3, -0.25) is 4.79 Å². The van der Waals surface area contributed by atoms with E-state index in [1.165, 1.54) is 6.07 Å². The summed E-state index contributed by atoms with van der Waals surface area (Å²) in [5, 5.41) is 0. The van der Waals surface area contributed by atoms with Crippen LogP contribution < -0.4 is 11.5 Å². The standard InChI is InChI=1S/C13H16F3N3O/c1-2-3-4-8-5-6-9(13(14,15)16)7-10(8)11(20)19-12(17)18/h5-7H,2-4H2,1H3,(H4,17,18,19,20). The van der Waals surface area contributed by atoms with E-state index in [9.17, 15) is 18.0 Å². The minimum absolute atomic E-state index is 0.110. The Morgan fingerprint density at radius 1 is 1.30 bits per heavy atom. The Bertz CT molecular complexity index is 520. The van der Waals surface area contributed by atoms with Gasteiger partial charge in [-0.15, -0.1) is 0 Å². The van der Waals surface area contributed by atoms with Crippen molar-refractivity contribution < 1.29 is 18.0 Å². The number of halogens is 3. The minimum Gasteiger partial charge on any atom is -0.370 e. The van der Waals surface area contributed by atoms with Gasteiger partial charge in [-0.05, 0) is 30.5 Å². The highest BCUT2D eigenvalue weighted by atomic mass is 19.4. The summed E-state index contributed by atoms with van der Waals surface area (Å²) < 4.78 is 38.0. The Balaban J connectivity index is 3.26. The van der Waals surface area contributed by atoms with Crippen LogP contribution in [0.25, 0.3) is 0 Å². The zero-order chi connectivity index (χ0) is 15.3. The molecule has 0 aromatic heterocycles. The van der Waals surface area contributed by atoms with Crippen molar-refractivity contribution in [3.05, 3.63) is 34.9 Å². The van der Waals surface area contributed by atoms with Crippen LogP contribution in [0.15, 0.2) is 23.2 Å². The van der Waals surface area contributed by atoms with E-state index >= 15 is 0 Å². The van der Waals surface area contributed by atoms with Crippen LogP contribution in [0, 0.1) is 0 Å². The predicted molar refractivity (Wildman–Crippen MR) is 70.2 cm³/mol. The highest BCUT2D eigenvalue weighted by Gasteiger charge is 2.31. The molecule has 4 nitrogen and oxygen atoms in total. The molecule has 0 heterocycles. The number of aryl methyl sites for hydroxylation is 1. The lowest BCUT2D eigenvalue weighted by molar-refractivity contribution is -0.137. The monoisotopic (exact) mass is 287 g/mol. The lowest BCUT2D eigenvalue weighted by Gasteiger charge is -2.11. The lowest BCUT2D eigenvalue weighted by Crippen LogP contribution is -2.24. The first-order valence-corrected chi connectivity index (χ1v) is 6.09. The van der Waals surface area contributed by atoms with E-state index in [1.54, 1.807) is 0 Å². The third-order valence-electron chi connectivity index (χ3n) is 2.70. The number of nitrogens with zero attached hydrogens (tertiary/aromatic N) is 1. The zero-order valence-corrected chi connectivity index (χ0v) is 11.0. The Labute approximate surface area is 114 Å². The van der Waals surface area contributed by atoms with Crippen molar-refractivity contribution in [2.75, 3.05) is 0 Å². The van der Waals surface area contributed by atoms with Gasteiger partial charge in [0.2, 0.25) is 0 Å². The fraction of sp³-hybridized carbons (Fsp3) is 0.385. The highest BCUT2D eigenvalue weighted by Crippen LogP contribution is 2.31. The third-order valence-corrected chi connectivity index (χ3v) is 2.70. The number of carbonyl (C=O) groups is 1. The fourth-order valence-electron chi connectivity index (χ4n) is 1.71.